The summed E-state index contributed by atoms with van der Waals surface area (Å²) in [5.41, 5.74) is 5.79. The molecule has 0 amide bonds. The molecule has 1 fully saturated rings. The molecule has 6 rings (SSSR count). The van der Waals surface area contributed by atoms with Gasteiger partial charge in [0.2, 0.25) is 5.95 Å². The Labute approximate surface area is 198 Å². The largest absolute Gasteiger partial charge is 0.488 e. The van der Waals surface area contributed by atoms with Gasteiger partial charge in [0.1, 0.15) is 23.9 Å². The van der Waals surface area contributed by atoms with E-state index in [2.05, 4.69) is 50.0 Å². The molecule has 3 aromatic heterocycles. The van der Waals surface area contributed by atoms with Crippen molar-refractivity contribution in [1.82, 2.24) is 25.0 Å². The Morgan fingerprint density at radius 2 is 2.09 bits per heavy atom. The fourth-order valence-electron chi connectivity index (χ4n) is 5.36. The van der Waals surface area contributed by atoms with Gasteiger partial charge in [0.15, 0.2) is 5.75 Å². The van der Waals surface area contributed by atoms with Gasteiger partial charge >= 0.3 is 0 Å². The summed E-state index contributed by atoms with van der Waals surface area (Å²) in [5.74, 6) is 2.63. The van der Waals surface area contributed by atoms with Crippen LogP contribution in [0.15, 0.2) is 41.1 Å². The van der Waals surface area contributed by atoms with Gasteiger partial charge in [0, 0.05) is 30.9 Å². The minimum absolute atomic E-state index is 0.0451. The van der Waals surface area contributed by atoms with Crippen molar-refractivity contribution >= 4 is 17.0 Å². The molecule has 0 unspecified atom stereocenters. The van der Waals surface area contributed by atoms with Crippen LogP contribution in [0.4, 0.5) is 5.95 Å². The van der Waals surface area contributed by atoms with Crippen LogP contribution in [0.2, 0.25) is 0 Å². The molecule has 0 saturated carbocycles. The van der Waals surface area contributed by atoms with Crippen LogP contribution < -0.4 is 15.0 Å². The quantitative estimate of drug-likeness (QED) is 0.462. The topological polar surface area (TPSA) is 81.2 Å². The summed E-state index contributed by atoms with van der Waals surface area (Å²) in [5, 5.41) is 7.85. The van der Waals surface area contributed by atoms with Crippen molar-refractivity contribution in [3.05, 3.63) is 53.7 Å². The normalized spacial score (nSPS) is 19.7. The summed E-state index contributed by atoms with van der Waals surface area (Å²) < 4.78 is 14.3. The highest BCUT2D eigenvalue weighted by molar-refractivity contribution is 5.94. The Hall–Kier alpha value is -3.39. The van der Waals surface area contributed by atoms with Gasteiger partial charge in [-0.15, -0.1) is 0 Å². The third-order valence-electron chi connectivity index (χ3n) is 6.97. The van der Waals surface area contributed by atoms with E-state index < -0.39 is 0 Å². The molecule has 5 heterocycles. The van der Waals surface area contributed by atoms with Crippen LogP contribution in [0.3, 0.4) is 0 Å². The maximum Gasteiger partial charge on any atom is 0.207 e. The van der Waals surface area contributed by atoms with E-state index in [1.54, 1.807) is 0 Å². The number of nitrogens with zero attached hydrogens (tertiary/aromatic N) is 5. The molecular weight excluding hydrogens is 428 g/mol. The number of ether oxygens (including phenoxy) is 1. The molecule has 2 aliphatic rings. The number of imidazole rings is 1. The molecule has 8 heteroatoms. The van der Waals surface area contributed by atoms with Crippen molar-refractivity contribution in [2.75, 3.05) is 31.1 Å². The molecule has 2 atom stereocenters. The maximum atomic E-state index is 6.48. The second-order valence-electron chi connectivity index (χ2n) is 9.26. The van der Waals surface area contributed by atoms with Crippen LogP contribution in [-0.4, -0.2) is 52.0 Å². The summed E-state index contributed by atoms with van der Waals surface area (Å²) in [6.45, 7) is 9.59. The zero-order chi connectivity index (χ0) is 23.2. The number of aryl methyl sites for hydroxylation is 2. The minimum Gasteiger partial charge on any atom is -0.488 e. The first-order chi connectivity index (χ1) is 16.7. The number of aromatic nitrogens is 4. The van der Waals surface area contributed by atoms with E-state index in [9.17, 15) is 0 Å². The third-order valence-corrected chi connectivity index (χ3v) is 6.97. The minimum atomic E-state index is -0.0451. The molecule has 1 N–H and O–H groups in total. The van der Waals surface area contributed by atoms with Gasteiger partial charge in [-0.05, 0) is 57.5 Å². The first-order valence-corrected chi connectivity index (χ1v) is 12.2. The molecule has 0 radical (unpaired) electrons. The van der Waals surface area contributed by atoms with E-state index in [-0.39, 0.29) is 6.04 Å². The predicted octanol–water partition coefficient (Wildman–Crippen LogP) is 4.26. The average molecular weight is 459 g/mol. The Morgan fingerprint density at radius 3 is 2.85 bits per heavy atom. The second kappa shape index (κ2) is 8.43. The molecule has 1 saturated heterocycles. The summed E-state index contributed by atoms with van der Waals surface area (Å²) in [4.78, 5) is 12.2. The standard InChI is InChI=1S/C26H30N6O2/c1-4-11-27-18-10-13-31(14-18)26-29-21-9-8-19(23-16(2)30-34-17(23)3)25-24(21)32(26)22(15-33-25)20-7-5-6-12-28-20/h5-9,12,18,22,27H,4,10-11,13-15H2,1-3H3/t18-,22-/m1/s1. The number of nitrogens with one attached hydrogen (secondary N) is 1. The zero-order valence-corrected chi connectivity index (χ0v) is 19.9. The lowest BCUT2D eigenvalue weighted by Crippen LogP contribution is -2.34. The van der Waals surface area contributed by atoms with Crippen molar-refractivity contribution in [1.29, 1.82) is 0 Å². The van der Waals surface area contributed by atoms with Crippen LogP contribution in [0.25, 0.3) is 22.2 Å². The van der Waals surface area contributed by atoms with E-state index in [1.165, 1.54) is 0 Å². The van der Waals surface area contributed by atoms with Gasteiger partial charge in [-0.25, -0.2) is 4.98 Å². The lowest BCUT2D eigenvalue weighted by molar-refractivity contribution is 0.258. The molecule has 34 heavy (non-hydrogen) atoms. The Morgan fingerprint density at radius 1 is 1.18 bits per heavy atom. The molecule has 1 aromatic carbocycles. The van der Waals surface area contributed by atoms with Crippen LogP contribution in [0.5, 0.6) is 5.75 Å². The van der Waals surface area contributed by atoms with Crippen LogP contribution >= 0.6 is 0 Å². The van der Waals surface area contributed by atoms with E-state index >= 15 is 0 Å². The SMILES string of the molecule is CCCN[C@@H]1CCN(c2nc3ccc(-c4c(C)noc4C)c4c3n2[C@@H](c2ccccn2)CO4)C1. The predicted molar refractivity (Wildman–Crippen MR) is 131 cm³/mol. The lowest BCUT2D eigenvalue weighted by Gasteiger charge is -2.30. The van der Waals surface area contributed by atoms with E-state index in [1.807, 2.05) is 32.2 Å². The lowest BCUT2D eigenvalue weighted by atomic mass is 10.0. The fourth-order valence-corrected chi connectivity index (χ4v) is 5.36. The molecular formula is C26H30N6O2. The van der Waals surface area contributed by atoms with Gasteiger partial charge < -0.3 is 19.5 Å². The van der Waals surface area contributed by atoms with E-state index in [0.29, 0.717) is 12.6 Å². The molecule has 2 aliphatic heterocycles. The van der Waals surface area contributed by atoms with Crippen molar-refractivity contribution in [3.8, 4) is 16.9 Å². The third kappa shape index (κ3) is 3.36. The molecule has 4 aromatic rings. The smallest absolute Gasteiger partial charge is 0.207 e. The van der Waals surface area contributed by atoms with Crippen molar-refractivity contribution in [2.24, 2.45) is 0 Å². The van der Waals surface area contributed by atoms with Crippen molar-refractivity contribution in [3.63, 3.8) is 0 Å². The van der Waals surface area contributed by atoms with Gasteiger partial charge in [0.05, 0.1) is 22.5 Å². The van der Waals surface area contributed by atoms with Crippen LogP contribution in [0, 0.1) is 13.8 Å². The number of hydrogen-bond acceptors (Lipinski definition) is 7. The first-order valence-electron chi connectivity index (χ1n) is 12.2. The summed E-state index contributed by atoms with van der Waals surface area (Å²) in [7, 11) is 0. The van der Waals surface area contributed by atoms with E-state index in [0.717, 1.165) is 83.5 Å². The molecule has 0 spiro atoms. The highest BCUT2D eigenvalue weighted by Crippen LogP contribution is 2.46. The average Bonchev–Trinajstić information content (AvgIpc) is 3.57. The Kier molecular flexibility index (Phi) is 5.25. The van der Waals surface area contributed by atoms with Gasteiger partial charge in [-0.1, -0.05) is 18.1 Å². The van der Waals surface area contributed by atoms with Gasteiger partial charge in [-0.2, -0.15) is 0 Å². The fraction of sp³-hybridized carbons (Fsp3) is 0.423. The van der Waals surface area contributed by atoms with Crippen molar-refractivity contribution < 1.29 is 9.26 Å². The van der Waals surface area contributed by atoms with Crippen LogP contribution in [-0.2, 0) is 0 Å². The Bertz CT molecular complexity index is 1310. The summed E-state index contributed by atoms with van der Waals surface area (Å²) >= 11 is 0. The van der Waals surface area contributed by atoms with Crippen LogP contribution in [0.1, 0.15) is 43.0 Å². The summed E-state index contributed by atoms with van der Waals surface area (Å²) in [6, 6.07) is 10.7. The molecule has 176 valence electrons. The molecule has 0 aliphatic carbocycles. The monoisotopic (exact) mass is 458 g/mol. The molecule has 0 bridgehead atoms. The number of pyridine rings is 1. The highest BCUT2D eigenvalue weighted by Gasteiger charge is 2.35. The number of anilines is 1. The maximum absolute atomic E-state index is 6.48. The second-order valence-corrected chi connectivity index (χ2v) is 9.26. The zero-order valence-electron chi connectivity index (χ0n) is 19.9. The summed E-state index contributed by atoms with van der Waals surface area (Å²) in [6.07, 6.45) is 4.10. The Balaban J connectivity index is 1.52. The van der Waals surface area contributed by atoms with Gasteiger partial charge in [-0.3, -0.25) is 9.55 Å². The van der Waals surface area contributed by atoms with E-state index in [4.69, 9.17) is 14.2 Å². The molecule has 8 nitrogen and oxygen atoms in total. The number of benzene rings is 1. The highest BCUT2D eigenvalue weighted by atomic mass is 16.5. The number of hydrogen-bond donors (Lipinski definition) is 1. The van der Waals surface area contributed by atoms with Crippen molar-refractivity contribution in [2.45, 2.75) is 45.7 Å². The van der Waals surface area contributed by atoms with Gasteiger partial charge in [0.25, 0.3) is 0 Å². The first kappa shape index (κ1) is 21.2. The number of rotatable bonds is 6.